The molecule has 0 saturated heterocycles. The number of nitrogens with one attached hydrogen (secondary N) is 1. The Labute approximate surface area is 158 Å². The van der Waals surface area contributed by atoms with Gasteiger partial charge < -0.3 is 15.0 Å². The van der Waals surface area contributed by atoms with Gasteiger partial charge in [0.15, 0.2) is 6.61 Å². The Hall–Kier alpha value is -2.53. The normalized spacial score (nSPS) is 10.3. The number of amides is 2. The lowest BCUT2D eigenvalue weighted by Gasteiger charge is -2.22. The fourth-order valence-corrected chi connectivity index (χ4v) is 2.54. The van der Waals surface area contributed by atoms with Crippen LogP contribution in [0.25, 0.3) is 0 Å². The van der Waals surface area contributed by atoms with Gasteiger partial charge in [0, 0.05) is 31.6 Å². The standard InChI is InChI=1S/C20H23ClN2O3/c1-15-7-9-18(10-8-15)26-14-20(25)22-11-12-23(16(2)24)13-17-5-3-4-6-19(17)21/h3-10H,11-14H2,1-2H3,(H,22,25). The van der Waals surface area contributed by atoms with E-state index in [0.717, 1.165) is 11.1 Å². The van der Waals surface area contributed by atoms with Crippen molar-refractivity contribution in [2.24, 2.45) is 0 Å². The van der Waals surface area contributed by atoms with Crippen LogP contribution < -0.4 is 10.1 Å². The minimum Gasteiger partial charge on any atom is -0.484 e. The third-order valence-electron chi connectivity index (χ3n) is 3.86. The quantitative estimate of drug-likeness (QED) is 0.772. The van der Waals surface area contributed by atoms with Gasteiger partial charge >= 0.3 is 0 Å². The Morgan fingerprint density at radius 3 is 2.46 bits per heavy atom. The SMILES string of the molecule is CC(=O)N(CCNC(=O)COc1ccc(C)cc1)Cc1ccccc1Cl. The molecule has 2 amide bonds. The molecule has 0 heterocycles. The van der Waals surface area contributed by atoms with Crippen LogP contribution in [0.15, 0.2) is 48.5 Å². The van der Waals surface area contributed by atoms with Crippen molar-refractivity contribution in [2.75, 3.05) is 19.7 Å². The minimum atomic E-state index is -0.230. The Kier molecular flexibility index (Phi) is 7.48. The molecule has 5 nitrogen and oxygen atoms in total. The number of aryl methyl sites for hydroxylation is 1. The number of hydrogen-bond acceptors (Lipinski definition) is 3. The molecule has 0 radical (unpaired) electrons. The van der Waals surface area contributed by atoms with Crippen molar-refractivity contribution in [1.29, 1.82) is 0 Å². The first-order valence-electron chi connectivity index (χ1n) is 8.41. The summed E-state index contributed by atoms with van der Waals surface area (Å²) in [6.07, 6.45) is 0. The minimum absolute atomic E-state index is 0.0619. The van der Waals surface area contributed by atoms with Gasteiger partial charge in [-0.3, -0.25) is 9.59 Å². The molecule has 2 aromatic rings. The van der Waals surface area contributed by atoms with Gasteiger partial charge in [0.2, 0.25) is 5.91 Å². The Bertz CT molecular complexity index is 747. The van der Waals surface area contributed by atoms with Crippen molar-refractivity contribution < 1.29 is 14.3 Å². The lowest BCUT2D eigenvalue weighted by Crippen LogP contribution is -2.38. The molecular weight excluding hydrogens is 352 g/mol. The van der Waals surface area contributed by atoms with Gasteiger partial charge in [-0.15, -0.1) is 0 Å². The summed E-state index contributed by atoms with van der Waals surface area (Å²) in [6, 6.07) is 14.9. The van der Waals surface area contributed by atoms with Crippen molar-refractivity contribution in [3.63, 3.8) is 0 Å². The number of rotatable bonds is 8. The number of ether oxygens (including phenoxy) is 1. The Morgan fingerprint density at radius 1 is 1.12 bits per heavy atom. The van der Waals surface area contributed by atoms with Gasteiger partial charge in [-0.05, 0) is 30.7 Å². The molecule has 1 N–H and O–H groups in total. The van der Waals surface area contributed by atoms with Crippen LogP contribution in [-0.2, 0) is 16.1 Å². The molecule has 2 aromatic carbocycles. The van der Waals surface area contributed by atoms with Crippen LogP contribution >= 0.6 is 11.6 Å². The summed E-state index contributed by atoms with van der Waals surface area (Å²) in [5.74, 6) is 0.344. The number of benzene rings is 2. The van der Waals surface area contributed by atoms with Crippen molar-refractivity contribution in [1.82, 2.24) is 10.2 Å². The molecule has 26 heavy (non-hydrogen) atoms. The van der Waals surface area contributed by atoms with Crippen molar-refractivity contribution in [3.8, 4) is 5.75 Å². The molecule has 2 rings (SSSR count). The van der Waals surface area contributed by atoms with E-state index in [1.165, 1.54) is 6.92 Å². The highest BCUT2D eigenvalue weighted by Gasteiger charge is 2.12. The lowest BCUT2D eigenvalue weighted by molar-refractivity contribution is -0.130. The van der Waals surface area contributed by atoms with E-state index >= 15 is 0 Å². The van der Waals surface area contributed by atoms with Crippen molar-refractivity contribution in [3.05, 3.63) is 64.7 Å². The average molecular weight is 375 g/mol. The molecule has 0 aliphatic heterocycles. The Balaban J connectivity index is 1.76. The maximum atomic E-state index is 11.9. The molecule has 0 atom stereocenters. The largest absolute Gasteiger partial charge is 0.484 e. The van der Waals surface area contributed by atoms with Crippen LogP contribution in [0.2, 0.25) is 5.02 Å². The third-order valence-corrected chi connectivity index (χ3v) is 4.23. The van der Waals surface area contributed by atoms with Crippen LogP contribution in [0.3, 0.4) is 0 Å². The maximum absolute atomic E-state index is 11.9. The zero-order valence-corrected chi connectivity index (χ0v) is 15.8. The summed E-state index contributed by atoms with van der Waals surface area (Å²) in [4.78, 5) is 25.3. The summed E-state index contributed by atoms with van der Waals surface area (Å²) >= 11 is 6.14. The summed E-state index contributed by atoms with van der Waals surface area (Å²) in [5.41, 5.74) is 2.00. The second kappa shape index (κ2) is 9.82. The first-order valence-corrected chi connectivity index (χ1v) is 8.78. The fourth-order valence-electron chi connectivity index (χ4n) is 2.34. The predicted octanol–water partition coefficient (Wildman–Crippen LogP) is 3.19. The van der Waals surface area contributed by atoms with Crippen LogP contribution in [-0.4, -0.2) is 36.4 Å². The number of halogens is 1. The van der Waals surface area contributed by atoms with Crippen LogP contribution in [0.5, 0.6) is 5.75 Å². The van der Waals surface area contributed by atoms with Gasteiger partial charge in [0.05, 0.1) is 0 Å². The van der Waals surface area contributed by atoms with E-state index in [-0.39, 0.29) is 18.4 Å². The first kappa shape index (κ1) is 19.8. The van der Waals surface area contributed by atoms with Crippen LogP contribution in [0, 0.1) is 6.92 Å². The van der Waals surface area contributed by atoms with E-state index in [4.69, 9.17) is 16.3 Å². The Morgan fingerprint density at radius 2 is 1.81 bits per heavy atom. The molecule has 6 heteroatoms. The molecule has 0 aromatic heterocycles. The van der Waals surface area contributed by atoms with Crippen LogP contribution in [0.1, 0.15) is 18.1 Å². The molecule has 0 fully saturated rings. The van der Waals surface area contributed by atoms with E-state index in [1.807, 2.05) is 49.4 Å². The first-order chi connectivity index (χ1) is 12.5. The van der Waals surface area contributed by atoms with Crippen molar-refractivity contribution in [2.45, 2.75) is 20.4 Å². The monoisotopic (exact) mass is 374 g/mol. The number of hydrogen-bond donors (Lipinski definition) is 1. The summed E-state index contributed by atoms with van der Waals surface area (Å²) in [5, 5.41) is 3.38. The molecule has 0 aliphatic carbocycles. The van der Waals surface area contributed by atoms with Crippen molar-refractivity contribution >= 4 is 23.4 Å². The molecule has 138 valence electrons. The molecule has 0 spiro atoms. The average Bonchev–Trinajstić information content (AvgIpc) is 2.62. The fraction of sp³-hybridized carbons (Fsp3) is 0.300. The molecule has 0 unspecified atom stereocenters. The second-order valence-electron chi connectivity index (χ2n) is 5.98. The molecule has 0 saturated carbocycles. The van der Waals surface area contributed by atoms with Gasteiger partial charge in [-0.2, -0.15) is 0 Å². The van der Waals surface area contributed by atoms with E-state index in [2.05, 4.69) is 5.32 Å². The summed E-state index contributed by atoms with van der Waals surface area (Å²) < 4.78 is 5.43. The highest BCUT2D eigenvalue weighted by Crippen LogP contribution is 2.17. The number of carbonyl (C=O) groups excluding carboxylic acids is 2. The smallest absolute Gasteiger partial charge is 0.258 e. The second-order valence-corrected chi connectivity index (χ2v) is 6.39. The van der Waals surface area contributed by atoms with E-state index in [1.54, 1.807) is 11.0 Å². The van der Waals surface area contributed by atoms with Crippen LogP contribution in [0.4, 0.5) is 0 Å². The zero-order valence-electron chi connectivity index (χ0n) is 15.0. The van der Waals surface area contributed by atoms with E-state index < -0.39 is 0 Å². The van der Waals surface area contributed by atoms with E-state index in [0.29, 0.717) is 30.4 Å². The topological polar surface area (TPSA) is 58.6 Å². The molecular formula is C20H23ClN2O3. The number of nitrogens with zero attached hydrogens (tertiary/aromatic N) is 1. The third kappa shape index (κ3) is 6.41. The summed E-state index contributed by atoms with van der Waals surface area (Å²) in [6.45, 7) is 4.58. The predicted molar refractivity (Wildman–Crippen MR) is 102 cm³/mol. The summed E-state index contributed by atoms with van der Waals surface area (Å²) in [7, 11) is 0. The van der Waals surface area contributed by atoms with Gasteiger partial charge in [0.1, 0.15) is 5.75 Å². The van der Waals surface area contributed by atoms with Gasteiger partial charge in [-0.1, -0.05) is 47.5 Å². The number of carbonyl (C=O) groups is 2. The van der Waals surface area contributed by atoms with Gasteiger partial charge in [0.25, 0.3) is 5.91 Å². The van der Waals surface area contributed by atoms with Gasteiger partial charge in [-0.25, -0.2) is 0 Å². The highest BCUT2D eigenvalue weighted by atomic mass is 35.5. The highest BCUT2D eigenvalue weighted by molar-refractivity contribution is 6.31. The lowest BCUT2D eigenvalue weighted by atomic mass is 10.2. The van der Waals surface area contributed by atoms with E-state index in [9.17, 15) is 9.59 Å². The molecule has 0 aliphatic rings. The zero-order chi connectivity index (χ0) is 18.9. The maximum Gasteiger partial charge on any atom is 0.258 e. The molecule has 0 bridgehead atoms.